The number of ether oxygens (including phenoxy) is 1. The summed E-state index contributed by atoms with van der Waals surface area (Å²) in [6, 6.07) is 20.7. The Hall–Kier alpha value is -2.94. The van der Waals surface area contributed by atoms with Crippen LogP contribution in [0.2, 0.25) is 0 Å². The molecule has 1 N–H and O–H groups in total. The zero-order chi connectivity index (χ0) is 23.3. The Kier molecular flexibility index (Phi) is 7.27. The van der Waals surface area contributed by atoms with Crippen LogP contribution in [0.5, 0.6) is 5.75 Å². The lowest BCUT2D eigenvalue weighted by atomic mass is 10.1. The minimum absolute atomic E-state index is 0.0573. The van der Waals surface area contributed by atoms with Crippen molar-refractivity contribution in [3.8, 4) is 5.75 Å². The van der Waals surface area contributed by atoms with Crippen LogP contribution in [0.1, 0.15) is 15.9 Å². The summed E-state index contributed by atoms with van der Waals surface area (Å²) in [5.41, 5.74) is 1.16. The van der Waals surface area contributed by atoms with Gasteiger partial charge in [-0.05, 0) is 47.6 Å². The molecule has 0 unspecified atom stereocenters. The minimum Gasteiger partial charge on any atom is -0.492 e. The molecule has 33 heavy (non-hydrogen) atoms. The number of carbonyl (C=O) groups excluding carboxylic acids is 1. The molecular formula is C25H29N3O4S. The molecule has 1 aliphatic heterocycles. The van der Waals surface area contributed by atoms with Crippen LogP contribution >= 0.6 is 0 Å². The number of carbonyl (C=O) groups is 1. The number of amides is 1. The minimum atomic E-state index is -3.36. The molecule has 8 heteroatoms. The third-order valence-electron chi connectivity index (χ3n) is 5.80. The van der Waals surface area contributed by atoms with Crippen molar-refractivity contribution in [3.63, 3.8) is 0 Å². The molecule has 0 aromatic heterocycles. The number of nitrogens with one attached hydrogen (secondary N) is 1. The van der Waals surface area contributed by atoms with Gasteiger partial charge in [-0.15, -0.1) is 0 Å². The van der Waals surface area contributed by atoms with Crippen molar-refractivity contribution in [3.05, 3.63) is 77.9 Å². The first-order chi connectivity index (χ1) is 15.9. The molecule has 1 aliphatic rings. The summed E-state index contributed by atoms with van der Waals surface area (Å²) in [4.78, 5) is 14.5. The lowest BCUT2D eigenvalue weighted by Gasteiger charge is -2.31. The van der Waals surface area contributed by atoms with E-state index in [-0.39, 0.29) is 11.7 Å². The number of fused-ring (bicyclic) bond motifs is 1. The molecule has 0 spiro atoms. The highest BCUT2D eigenvalue weighted by Gasteiger charge is 2.25. The molecule has 1 heterocycles. The highest BCUT2D eigenvalue weighted by Crippen LogP contribution is 2.20. The molecule has 0 radical (unpaired) electrons. The second kappa shape index (κ2) is 10.3. The Labute approximate surface area is 195 Å². The third kappa shape index (κ3) is 6.10. The van der Waals surface area contributed by atoms with E-state index in [1.54, 1.807) is 28.6 Å². The van der Waals surface area contributed by atoms with Gasteiger partial charge >= 0.3 is 0 Å². The normalized spacial score (nSPS) is 15.4. The van der Waals surface area contributed by atoms with Gasteiger partial charge in [0.1, 0.15) is 12.4 Å². The highest BCUT2D eigenvalue weighted by molar-refractivity contribution is 7.88. The Morgan fingerprint density at radius 3 is 2.36 bits per heavy atom. The summed E-state index contributed by atoms with van der Waals surface area (Å²) >= 11 is 0. The lowest BCUT2D eigenvalue weighted by molar-refractivity contribution is 0.0947. The molecule has 7 nitrogen and oxygen atoms in total. The van der Waals surface area contributed by atoms with Crippen molar-refractivity contribution in [1.82, 2.24) is 14.5 Å². The molecule has 1 saturated heterocycles. The van der Waals surface area contributed by atoms with E-state index in [0.29, 0.717) is 37.4 Å². The number of benzene rings is 3. The van der Waals surface area contributed by atoms with Gasteiger partial charge in [0.2, 0.25) is 10.0 Å². The quantitative estimate of drug-likeness (QED) is 0.516. The number of rotatable bonds is 8. The van der Waals surface area contributed by atoms with E-state index in [0.717, 1.165) is 29.6 Å². The number of nitrogens with zero attached hydrogens (tertiary/aromatic N) is 2. The number of hydrogen-bond acceptors (Lipinski definition) is 5. The van der Waals surface area contributed by atoms with E-state index in [4.69, 9.17) is 4.74 Å². The van der Waals surface area contributed by atoms with E-state index >= 15 is 0 Å². The van der Waals surface area contributed by atoms with Crippen molar-refractivity contribution in [1.29, 1.82) is 0 Å². The van der Waals surface area contributed by atoms with Crippen molar-refractivity contribution >= 4 is 26.7 Å². The van der Waals surface area contributed by atoms with Crippen LogP contribution in [0.3, 0.4) is 0 Å². The molecule has 4 rings (SSSR count). The molecule has 0 aliphatic carbocycles. The van der Waals surface area contributed by atoms with Gasteiger partial charge in [0, 0.05) is 31.7 Å². The Balaban J connectivity index is 1.25. The number of likely N-dealkylation sites (N-methyl/N-ethyl adjacent to an activating group) is 1. The summed E-state index contributed by atoms with van der Waals surface area (Å²) in [7, 11) is -1.37. The standard InChI is InChI=1S/C25H29N3O4S/c1-27-13-15-28(16-14-27)33(30,31)19-20-6-8-22(9-7-20)25(29)26-12-17-32-24-11-10-21-4-2-3-5-23(21)18-24/h2-11,18H,12-17,19H2,1H3,(H,26,29). The van der Waals surface area contributed by atoms with Gasteiger partial charge in [-0.2, -0.15) is 4.31 Å². The first kappa shape index (κ1) is 23.2. The van der Waals surface area contributed by atoms with Gasteiger partial charge in [0.15, 0.2) is 0 Å². The van der Waals surface area contributed by atoms with E-state index in [1.165, 1.54) is 0 Å². The van der Waals surface area contributed by atoms with Crippen LogP contribution in [0.15, 0.2) is 66.7 Å². The first-order valence-corrected chi connectivity index (χ1v) is 12.7. The van der Waals surface area contributed by atoms with Crippen molar-refractivity contribution in [2.24, 2.45) is 0 Å². The molecule has 3 aromatic carbocycles. The number of hydrogen-bond donors (Lipinski definition) is 1. The Morgan fingerprint density at radius 2 is 1.64 bits per heavy atom. The molecule has 1 fully saturated rings. The maximum Gasteiger partial charge on any atom is 0.251 e. The smallest absolute Gasteiger partial charge is 0.251 e. The van der Waals surface area contributed by atoms with Crippen LogP contribution in [0.25, 0.3) is 10.8 Å². The third-order valence-corrected chi connectivity index (χ3v) is 7.65. The monoisotopic (exact) mass is 467 g/mol. The topological polar surface area (TPSA) is 79.0 Å². The predicted octanol–water partition coefficient (Wildman–Crippen LogP) is 2.73. The second-order valence-electron chi connectivity index (χ2n) is 8.27. The summed E-state index contributed by atoms with van der Waals surface area (Å²) in [5.74, 6) is 0.484. The predicted molar refractivity (Wildman–Crippen MR) is 130 cm³/mol. The zero-order valence-electron chi connectivity index (χ0n) is 18.7. The largest absolute Gasteiger partial charge is 0.492 e. The average Bonchev–Trinajstić information content (AvgIpc) is 2.82. The molecule has 1 amide bonds. The van der Waals surface area contributed by atoms with Gasteiger partial charge in [-0.1, -0.05) is 42.5 Å². The van der Waals surface area contributed by atoms with Gasteiger partial charge in [-0.3, -0.25) is 4.79 Å². The number of sulfonamides is 1. The second-order valence-corrected chi connectivity index (χ2v) is 10.2. The van der Waals surface area contributed by atoms with Crippen LogP contribution in [-0.2, 0) is 15.8 Å². The van der Waals surface area contributed by atoms with Gasteiger partial charge in [0.05, 0.1) is 12.3 Å². The molecule has 3 aromatic rings. The molecule has 174 valence electrons. The van der Waals surface area contributed by atoms with Gasteiger partial charge in [0.25, 0.3) is 5.91 Å². The fraction of sp³-hybridized carbons (Fsp3) is 0.320. The van der Waals surface area contributed by atoms with Crippen molar-refractivity contribution in [2.75, 3.05) is 46.4 Å². The van der Waals surface area contributed by atoms with E-state index in [1.807, 2.05) is 49.5 Å². The average molecular weight is 468 g/mol. The Bertz CT molecular complexity index is 1200. The summed E-state index contributed by atoms with van der Waals surface area (Å²) in [5, 5.41) is 5.09. The molecule has 0 bridgehead atoms. The molecule has 0 atom stereocenters. The summed E-state index contributed by atoms with van der Waals surface area (Å²) in [6.45, 7) is 3.23. The van der Waals surface area contributed by atoms with Crippen molar-refractivity contribution in [2.45, 2.75) is 5.75 Å². The van der Waals surface area contributed by atoms with Crippen LogP contribution in [-0.4, -0.2) is 69.9 Å². The van der Waals surface area contributed by atoms with Crippen LogP contribution < -0.4 is 10.1 Å². The van der Waals surface area contributed by atoms with Crippen LogP contribution in [0.4, 0.5) is 0 Å². The van der Waals surface area contributed by atoms with E-state index < -0.39 is 10.0 Å². The SMILES string of the molecule is CN1CCN(S(=O)(=O)Cc2ccc(C(=O)NCCOc3ccc4ccccc4c3)cc2)CC1. The van der Waals surface area contributed by atoms with E-state index in [9.17, 15) is 13.2 Å². The van der Waals surface area contributed by atoms with Crippen LogP contribution in [0, 0.1) is 0 Å². The summed E-state index contributed by atoms with van der Waals surface area (Å²) in [6.07, 6.45) is 0. The fourth-order valence-corrected chi connectivity index (χ4v) is 5.33. The van der Waals surface area contributed by atoms with Gasteiger partial charge < -0.3 is 15.0 Å². The summed E-state index contributed by atoms with van der Waals surface area (Å²) < 4.78 is 32.6. The van der Waals surface area contributed by atoms with E-state index in [2.05, 4.69) is 10.2 Å². The molecular weight excluding hydrogens is 438 g/mol. The Morgan fingerprint density at radius 1 is 0.939 bits per heavy atom. The van der Waals surface area contributed by atoms with Gasteiger partial charge in [-0.25, -0.2) is 8.42 Å². The zero-order valence-corrected chi connectivity index (χ0v) is 19.6. The lowest BCUT2D eigenvalue weighted by Crippen LogP contribution is -2.47. The number of piperazine rings is 1. The highest BCUT2D eigenvalue weighted by atomic mass is 32.2. The maximum atomic E-state index is 12.7. The maximum absolute atomic E-state index is 12.7. The fourth-order valence-electron chi connectivity index (χ4n) is 3.81. The molecule has 0 saturated carbocycles. The van der Waals surface area contributed by atoms with Crippen molar-refractivity contribution < 1.29 is 17.9 Å². The first-order valence-electron chi connectivity index (χ1n) is 11.1.